The molecule has 112 valence electrons. The van der Waals surface area contributed by atoms with Gasteiger partial charge in [0.1, 0.15) is 5.60 Å². The molecule has 0 N–H and O–H groups in total. The van der Waals surface area contributed by atoms with Crippen LogP contribution in [0.15, 0.2) is 12.4 Å². The largest absolute Gasteiger partial charge is 0.378 e. The van der Waals surface area contributed by atoms with Gasteiger partial charge in [-0.3, -0.25) is 9.58 Å². The molecule has 0 aromatic carbocycles. The maximum Gasteiger partial charge on any atom is 0.107 e. The van der Waals surface area contributed by atoms with E-state index in [2.05, 4.69) is 23.1 Å². The minimum atomic E-state index is -0.0756. The van der Waals surface area contributed by atoms with E-state index in [-0.39, 0.29) is 11.7 Å². The lowest BCUT2D eigenvalue weighted by Gasteiger charge is -2.44. The number of hydrogen-bond acceptors (Lipinski definition) is 4. The van der Waals surface area contributed by atoms with Crippen molar-refractivity contribution in [1.82, 2.24) is 14.7 Å². The molecule has 0 saturated carbocycles. The predicted octanol–water partition coefficient (Wildman–Crippen LogP) is 1.67. The third kappa shape index (κ3) is 2.62. The molecule has 3 heterocycles. The zero-order valence-corrected chi connectivity index (χ0v) is 12.5. The molecule has 1 aromatic heterocycles. The lowest BCUT2D eigenvalue weighted by atomic mass is 9.86. The zero-order chi connectivity index (χ0) is 14.0. The van der Waals surface area contributed by atoms with Gasteiger partial charge < -0.3 is 9.47 Å². The monoisotopic (exact) mass is 279 g/mol. The lowest BCUT2D eigenvalue weighted by Crippen LogP contribution is -2.56. The van der Waals surface area contributed by atoms with Gasteiger partial charge in [-0.1, -0.05) is 0 Å². The van der Waals surface area contributed by atoms with Crippen LogP contribution in [-0.2, 0) is 22.6 Å². The SMILES string of the molecule is CCn1cc(CN2CC[C@H](OC)[C@]3(CCCO3)C2)cn1. The minimum absolute atomic E-state index is 0.0756. The molecule has 5 heteroatoms. The Balaban J connectivity index is 1.66. The third-order valence-electron chi connectivity index (χ3n) is 4.62. The average Bonchev–Trinajstić information content (AvgIpc) is 3.09. The highest BCUT2D eigenvalue weighted by Crippen LogP contribution is 2.36. The molecule has 0 bridgehead atoms. The first-order valence-corrected chi connectivity index (χ1v) is 7.66. The molecule has 20 heavy (non-hydrogen) atoms. The summed E-state index contributed by atoms with van der Waals surface area (Å²) in [5.74, 6) is 0. The number of rotatable bonds is 4. The molecular weight excluding hydrogens is 254 g/mol. The summed E-state index contributed by atoms with van der Waals surface area (Å²) < 4.78 is 13.8. The van der Waals surface area contributed by atoms with Crippen molar-refractivity contribution in [2.45, 2.75) is 51.0 Å². The first kappa shape index (κ1) is 14.0. The Morgan fingerprint density at radius 3 is 3.10 bits per heavy atom. The van der Waals surface area contributed by atoms with Crippen LogP contribution in [0.2, 0.25) is 0 Å². The Labute approximate surface area is 120 Å². The molecule has 2 aliphatic rings. The second-order valence-electron chi connectivity index (χ2n) is 5.94. The quantitative estimate of drug-likeness (QED) is 0.840. The normalized spacial score (nSPS) is 31.2. The molecule has 3 rings (SSSR count). The van der Waals surface area contributed by atoms with Crippen molar-refractivity contribution in [3.8, 4) is 0 Å². The summed E-state index contributed by atoms with van der Waals surface area (Å²) in [6.07, 6.45) is 7.70. The summed E-state index contributed by atoms with van der Waals surface area (Å²) in [4.78, 5) is 2.48. The topological polar surface area (TPSA) is 39.5 Å². The second kappa shape index (κ2) is 5.84. The van der Waals surface area contributed by atoms with Gasteiger partial charge in [0.2, 0.25) is 0 Å². The van der Waals surface area contributed by atoms with Crippen LogP contribution < -0.4 is 0 Å². The van der Waals surface area contributed by atoms with E-state index in [0.29, 0.717) is 0 Å². The summed E-state index contributed by atoms with van der Waals surface area (Å²) in [6, 6.07) is 0. The van der Waals surface area contributed by atoms with Gasteiger partial charge in [0, 0.05) is 51.7 Å². The van der Waals surface area contributed by atoms with Crippen LogP contribution in [0.5, 0.6) is 0 Å². The summed E-state index contributed by atoms with van der Waals surface area (Å²) in [5, 5.41) is 4.35. The number of likely N-dealkylation sites (tertiary alicyclic amines) is 1. The van der Waals surface area contributed by atoms with Crippen LogP contribution in [0.4, 0.5) is 0 Å². The lowest BCUT2D eigenvalue weighted by molar-refractivity contribution is -0.145. The number of hydrogen-bond donors (Lipinski definition) is 0. The smallest absolute Gasteiger partial charge is 0.107 e. The average molecular weight is 279 g/mol. The molecule has 2 aliphatic heterocycles. The molecule has 2 fully saturated rings. The predicted molar refractivity (Wildman–Crippen MR) is 76.5 cm³/mol. The van der Waals surface area contributed by atoms with Crippen molar-refractivity contribution in [3.05, 3.63) is 18.0 Å². The molecule has 5 nitrogen and oxygen atoms in total. The number of piperidine rings is 1. The van der Waals surface area contributed by atoms with Crippen LogP contribution in [0.25, 0.3) is 0 Å². The van der Waals surface area contributed by atoms with Gasteiger partial charge in [-0.15, -0.1) is 0 Å². The van der Waals surface area contributed by atoms with Gasteiger partial charge in [-0.2, -0.15) is 5.10 Å². The third-order valence-corrected chi connectivity index (χ3v) is 4.62. The van der Waals surface area contributed by atoms with Crippen molar-refractivity contribution < 1.29 is 9.47 Å². The Kier molecular flexibility index (Phi) is 4.10. The molecule has 0 aliphatic carbocycles. The van der Waals surface area contributed by atoms with E-state index < -0.39 is 0 Å². The Morgan fingerprint density at radius 1 is 1.55 bits per heavy atom. The van der Waals surface area contributed by atoms with E-state index in [9.17, 15) is 0 Å². The Bertz CT molecular complexity index is 440. The molecule has 1 spiro atoms. The molecular formula is C15H25N3O2. The van der Waals surface area contributed by atoms with Crippen LogP contribution in [0.1, 0.15) is 31.7 Å². The number of nitrogens with zero attached hydrogens (tertiary/aromatic N) is 3. The van der Waals surface area contributed by atoms with E-state index in [4.69, 9.17) is 9.47 Å². The Morgan fingerprint density at radius 2 is 2.45 bits per heavy atom. The minimum Gasteiger partial charge on any atom is -0.378 e. The fourth-order valence-corrected chi connectivity index (χ4v) is 3.61. The standard InChI is InChI=1S/C15H25N3O2/c1-3-18-11-13(9-16-18)10-17-7-5-14(19-2)15(12-17)6-4-8-20-15/h9,11,14H,3-8,10,12H2,1-2H3/t14-,15-/m0/s1. The first-order valence-electron chi connectivity index (χ1n) is 7.66. The number of methoxy groups -OCH3 is 1. The highest BCUT2D eigenvalue weighted by Gasteiger charge is 2.47. The van der Waals surface area contributed by atoms with Gasteiger partial charge in [0.15, 0.2) is 0 Å². The van der Waals surface area contributed by atoms with Crippen molar-refractivity contribution in [2.24, 2.45) is 0 Å². The Hall–Kier alpha value is -0.910. The fourth-order valence-electron chi connectivity index (χ4n) is 3.61. The summed E-state index contributed by atoms with van der Waals surface area (Å²) in [6.45, 7) is 6.92. The summed E-state index contributed by atoms with van der Waals surface area (Å²) in [5.41, 5.74) is 1.21. The molecule has 2 atom stereocenters. The summed E-state index contributed by atoms with van der Waals surface area (Å²) in [7, 11) is 1.81. The van der Waals surface area contributed by atoms with Gasteiger partial charge in [-0.25, -0.2) is 0 Å². The molecule has 1 aromatic rings. The van der Waals surface area contributed by atoms with Crippen LogP contribution in [0.3, 0.4) is 0 Å². The van der Waals surface area contributed by atoms with Gasteiger partial charge >= 0.3 is 0 Å². The van der Waals surface area contributed by atoms with E-state index in [1.54, 1.807) is 0 Å². The van der Waals surface area contributed by atoms with Crippen LogP contribution in [-0.4, -0.2) is 53.2 Å². The molecule has 0 unspecified atom stereocenters. The maximum atomic E-state index is 6.09. The van der Waals surface area contributed by atoms with Crippen molar-refractivity contribution >= 4 is 0 Å². The first-order chi connectivity index (χ1) is 9.75. The molecule has 2 saturated heterocycles. The van der Waals surface area contributed by atoms with Gasteiger partial charge in [0.25, 0.3) is 0 Å². The van der Waals surface area contributed by atoms with Crippen molar-refractivity contribution in [3.63, 3.8) is 0 Å². The van der Waals surface area contributed by atoms with Gasteiger partial charge in [0.05, 0.1) is 12.3 Å². The maximum absolute atomic E-state index is 6.09. The highest BCUT2D eigenvalue weighted by atomic mass is 16.5. The highest BCUT2D eigenvalue weighted by molar-refractivity contribution is 5.06. The van der Waals surface area contributed by atoms with E-state index in [1.165, 1.54) is 5.56 Å². The fraction of sp³-hybridized carbons (Fsp3) is 0.800. The van der Waals surface area contributed by atoms with Crippen molar-refractivity contribution in [1.29, 1.82) is 0 Å². The van der Waals surface area contributed by atoms with Crippen molar-refractivity contribution in [2.75, 3.05) is 26.8 Å². The van der Waals surface area contributed by atoms with Gasteiger partial charge in [-0.05, 0) is 26.2 Å². The molecule has 0 radical (unpaired) electrons. The van der Waals surface area contributed by atoms with Crippen LogP contribution in [0, 0.1) is 0 Å². The van der Waals surface area contributed by atoms with E-state index >= 15 is 0 Å². The van der Waals surface area contributed by atoms with E-state index in [1.807, 2.05) is 18.0 Å². The zero-order valence-electron chi connectivity index (χ0n) is 12.5. The summed E-state index contributed by atoms with van der Waals surface area (Å²) >= 11 is 0. The molecule has 0 amide bonds. The number of aromatic nitrogens is 2. The second-order valence-corrected chi connectivity index (χ2v) is 5.94. The number of aryl methyl sites for hydroxylation is 1. The van der Waals surface area contributed by atoms with Crippen LogP contribution >= 0.6 is 0 Å². The number of ether oxygens (including phenoxy) is 2. The van der Waals surface area contributed by atoms with E-state index in [0.717, 1.165) is 52.0 Å².